The van der Waals surface area contributed by atoms with E-state index >= 15 is 0 Å². The lowest BCUT2D eigenvalue weighted by Gasteiger charge is -2.06. The van der Waals surface area contributed by atoms with Gasteiger partial charge in [0.1, 0.15) is 6.61 Å². The molecule has 0 amide bonds. The summed E-state index contributed by atoms with van der Waals surface area (Å²) in [6.07, 6.45) is 6.46. The van der Waals surface area contributed by atoms with Crippen LogP contribution in [0.25, 0.3) is 11.1 Å². The van der Waals surface area contributed by atoms with Gasteiger partial charge in [0.2, 0.25) is 0 Å². The summed E-state index contributed by atoms with van der Waals surface area (Å²) in [5.41, 5.74) is 4.10. The highest BCUT2D eigenvalue weighted by molar-refractivity contribution is 5.90. The first kappa shape index (κ1) is 18.7. The van der Waals surface area contributed by atoms with Crippen molar-refractivity contribution in [1.29, 1.82) is 5.26 Å². The number of carbonyl (C=O) groups is 1. The Hall–Kier alpha value is -2.60. The molecule has 0 N–H and O–H groups in total. The number of aryl methyl sites for hydroxylation is 1. The van der Waals surface area contributed by atoms with Gasteiger partial charge in [0, 0.05) is 0 Å². The van der Waals surface area contributed by atoms with E-state index in [-0.39, 0.29) is 19.0 Å². The summed E-state index contributed by atoms with van der Waals surface area (Å²) in [4.78, 5) is 11.8. The minimum atomic E-state index is -0.385. The van der Waals surface area contributed by atoms with Gasteiger partial charge >= 0.3 is 5.97 Å². The Balaban J connectivity index is 1.93. The summed E-state index contributed by atoms with van der Waals surface area (Å²) in [5.74, 6) is -0.385. The molecule has 0 aromatic heterocycles. The fourth-order valence-corrected chi connectivity index (χ4v) is 2.69. The molecule has 25 heavy (non-hydrogen) atoms. The van der Waals surface area contributed by atoms with Crippen LogP contribution in [0.2, 0.25) is 0 Å². The number of ether oxygens (including phenoxy) is 1. The lowest BCUT2D eigenvalue weighted by Crippen LogP contribution is -2.05. The molecule has 2 aromatic rings. The second-order valence-electron chi connectivity index (χ2n) is 6.13. The number of nitrogens with zero attached hydrogens (tertiary/aromatic N) is 1. The van der Waals surface area contributed by atoms with Crippen LogP contribution in [0.15, 0.2) is 48.5 Å². The average Bonchev–Trinajstić information content (AvgIpc) is 2.66. The largest absolute Gasteiger partial charge is 0.461 e. The zero-order valence-corrected chi connectivity index (χ0v) is 14.8. The van der Waals surface area contributed by atoms with Crippen LogP contribution in [0.5, 0.6) is 0 Å². The highest BCUT2D eigenvalue weighted by atomic mass is 16.5. The molecule has 2 rings (SSSR count). The van der Waals surface area contributed by atoms with E-state index in [1.54, 1.807) is 12.1 Å². The molecule has 130 valence electrons. The zero-order valence-electron chi connectivity index (χ0n) is 14.8. The molecular formula is C22H25NO2. The van der Waals surface area contributed by atoms with Crippen LogP contribution in [-0.4, -0.2) is 12.6 Å². The second kappa shape index (κ2) is 10.3. The van der Waals surface area contributed by atoms with Crippen molar-refractivity contribution in [3.05, 3.63) is 59.7 Å². The molecule has 0 bridgehead atoms. The maximum Gasteiger partial charge on any atom is 0.338 e. The first-order chi connectivity index (χ1) is 12.2. The smallest absolute Gasteiger partial charge is 0.338 e. The molecular weight excluding hydrogens is 310 g/mol. The topological polar surface area (TPSA) is 50.1 Å². The minimum absolute atomic E-state index is 0.136. The van der Waals surface area contributed by atoms with Crippen LogP contribution in [0.4, 0.5) is 0 Å². The summed E-state index contributed by atoms with van der Waals surface area (Å²) < 4.78 is 5.02. The molecule has 3 heteroatoms. The molecule has 0 radical (unpaired) electrons. The number of hydrogen-bond donors (Lipinski definition) is 0. The Morgan fingerprint density at radius 2 is 1.60 bits per heavy atom. The first-order valence-corrected chi connectivity index (χ1v) is 8.98. The van der Waals surface area contributed by atoms with Crippen LogP contribution in [0.3, 0.4) is 0 Å². The quantitative estimate of drug-likeness (QED) is 0.446. The normalized spacial score (nSPS) is 10.2. The third-order valence-electron chi connectivity index (χ3n) is 4.17. The predicted molar refractivity (Wildman–Crippen MR) is 100 cm³/mol. The van der Waals surface area contributed by atoms with E-state index in [2.05, 4.69) is 31.2 Å². The van der Waals surface area contributed by atoms with Crippen molar-refractivity contribution in [3.8, 4) is 17.2 Å². The van der Waals surface area contributed by atoms with Crippen molar-refractivity contribution in [2.75, 3.05) is 6.61 Å². The SMILES string of the molecule is CCCCCCc1ccc(-c2ccc(C(=O)OCCC#N)cc2)cc1. The van der Waals surface area contributed by atoms with Gasteiger partial charge in [-0.1, -0.05) is 62.6 Å². The summed E-state index contributed by atoms with van der Waals surface area (Å²) in [6, 6.07) is 18.0. The van der Waals surface area contributed by atoms with Crippen LogP contribution < -0.4 is 0 Å². The number of hydrogen-bond acceptors (Lipinski definition) is 3. The molecule has 3 nitrogen and oxygen atoms in total. The number of nitriles is 1. The summed E-state index contributed by atoms with van der Waals surface area (Å²) in [6.45, 7) is 2.36. The maximum absolute atomic E-state index is 11.8. The molecule has 0 aliphatic heterocycles. The van der Waals surface area contributed by atoms with Gasteiger partial charge < -0.3 is 4.74 Å². The van der Waals surface area contributed by atoms with Crippen molar-refractivity contribution in [2.24, 2.45) is 0 Å². The summed E-state index contributed by atoms with van der Waals surface area (Å²) >= 11 is 0. The van der Waals surface area contributed by atoms with E-state index in [9.17, 15) is 4.79 Å². The average molecular weight is 335 g/mol. The van der Waals surface area contributed by atoms with Crippen LogP contribution in [0, 0.1) is 11.3 Å². The predicted octanol–water partition coefficient (Wildman–Crippen LogP) is 5.55. The van der Waals surface area contributed by atoms with E-state index < -0.39 is 0 Å². The van der Waals surface area contributed by atoms with Gasteiger partial charge in [0.25, 0.3) is 0 Å². The molecule has 0 saturated heterocycles. The first-order valence-electron chi connectivity index (χ1n) is 8.98. The van der Waals surface area contributed by atoms with E-state index in [1.165, 1.54) is 31.2 Å². The zero-order chi connectivity index (χ0) is 17.9. The fourth-order valence-electron chi connectivity index (χ4n) is 2.69. The van der Waals surface area contributed by atoms with Crippen LogP contribution in [0.1, 0.15) is 54.9 Å². The Morgan fingerprint density at radius 1 is 0.960 bits per heavy atom. The molecule has 0 fully saturated rings. The molecule has 0 saturated carbocycles. The molecule has 0 atom stereocenters. The van der Waals surface area contributed by atoms with Crippen molar-refractivity contribution in [3.63, 3.8) is 0 Å². The Kier molecular flexibility index (Phi) is 7.72. The summed E-state index contributed by atoms with van der Waals surface area (Å²) in [7, 11) is 0. The van der Waals surface area contributed by atoms with Gasteiger partial charge in [-0.25, -0.2) is 4.79 Å². The van der Waals surface area contributed by atoms with Gasteiger partial charge in [-0.3, -0.25) is 0 Å². The van der Waals surface area contributed by atoms with Gasteiger partial charge in [-0.05, 0) is 41.7 Å². The fraction of sp³-hybridized carbons (Fsp3) is 0.364. The third kappa shape index (κ3) is 6.08. The van der Waals surface area contributed by atoms with Crippen molar-refractivity contribution in [1.82, 2.24) is 0 Å². The summed E-state index contributed by atoms with van der Waals surface area (Å²) in [5, 5.41) is 8.46. The van der Waals surface area contributed by atoms with Crippen molar-refractivity contribution >= 4 is 5.97 Å². The van der Waals surface area contributed by atoms with E-state index in [4.69, 9.17) is 10.00 Å². The molecule has 0 heterocycles. The number of rotatable bonds is 9. The highest BCUT2D eigenvalue weighted by Gasteiger charge is 2.07. The van der Waals surface area contributed by atoms with Gasteiger partial charge in [-0.2, -0.15) is 5.26 Å². The van der Waals surface area contributed by atoms with E-state index in [0.717, 1.165) is 17.5 Å². The standard InChI is InChI=1S/C22H25NO2/c1-2-3-4-5-7-18-8-10-19(11-9-18)20-12-14-21(15-13-20)22(24)25-17-6-16-23/h8-15H,2-7,17H2,1H3. The molecule has 0 aliphatic carbocycles. The highest BCUT2D eigenvalue weighted by Crippen LogP contribution is 2.21. The monoisotopic (exact) mass is 335 g/mol. The molecule has 0 spiro atoms. The molecule has 0 unspecified atom stereocenters. The lowest BCUT2D eigenvalue weighted by atomic mass is 10.0. The number of esters is 1. The van der Waals surface area contributed by atoms with E-state index in [0.29, 0.717) is 5.56 Å². The molecule has 0 aliphatic rings. The van der Waals surface area contributed by atoms with Crippen LogP contribution in [-0.2, 0) is 11.2 Å². The minimum Gasteiger partial charge on any atom is -0.461 e. The number of unbranched alkanes of at least 4 members (excludes halogenated alkanes) is 3. The third-order valence-corrected chi connectivity index (χ3v) is 4.17. The number of carbonyl (C=O) groups excluding carboxylic acids is 1. The Labute approximate surface area is 150 Å². The Bertz CT molecular complexity index is 696. The number of benzene rings is 2. The Morgan fingerprint density at radius 3 is 2.20 bits per heavy atom. The maximum atomic E-state index is 11.8. The van der Waals surface area contributed by atoms with Gasteiger partial charge in [0.05, 0.1) is 18.1 Å². The molecule has 2 aromatic carbocycles. The van der Waals surface area contributed by atoms with Crippen molar-refractivity contribution < 1.29 is 9.53 Å². The van der Waals surface area contributed by atoms with E-state index in [1.807, 2.05) is 18.2 Å². The van der Waals surface area contributed by atoms with Crippen LogP contribution >= 0.6 is 0 Å². The van der Waals surface area contributed by atoms with Gasteiger partial charge in [0.15, 0.2) is 0 Å². The van der Waals surface area contributed by atoms with Crippen molar-refractivity contribution in [2.45, 2.75) is 45.4 Å². The lowest BCUT2D eigenvalue weighted by molar-refractivity contribution is 0.0513. The second-order valence-corrected chi connectivity index (χ2v) is 6.13. The van der Waals surface area contributed by atoms with Gasteiger partial charge in [-0.15, -0.1) is 0 Å².